The Morgan fingerprint density at radius 2 is 1.79 bits per heavy atom. The predicted molar refractivity (Wildman–Crippen MR) is 107 cm³/mol. The SMILES string of the molecule is CCOc1cccc(OCc2nnc3ccc(Nc4cccc(Cl)c4)nn23)c1. The van der Waals surface area contributed by atoms with Crippen LogP contribution in [0.25, 0.3) is 5.65 Å². The number of nitrogens with zero attached hydrogens (tertiary/aromatic N) is 4. The van der Waals surface area contributed by atoms with E-state index in [1.807, 2.05) is 67.6 Å². The summed E-state index contributed by atoms with van der Waals surface area (Å²) in [5.41, 5.74) is 1.48. The molecule has 142 valence electrons. The van der Waals surface area contributed by atoms with Gasteiger partial charge in [-0.15, -0.1) is 15.3 Å². The van der Waals surface area contributed by atoms with E-state index in [4.69, 9.17) is 21.1 Å². The second-order valence-corrected chi connectivity index (χ2v) is 6.37. The number of halogens is 1. The fourth-order valence-corrected chi connectivity index (χ4v) is 2.86. The monoisotopic (exact) mass is 395 g/mol. The fraction of sp³-hybridized carbons (Fsp3) is 0.150. The quantitative estimate of drug-likeness (QED) is 0.496. The smallest absolute Gasteiger partial charge is 0.192 e. The third-order valence-corrected chi connectivity index (χ3v) is 4.14. The van der Waals surface area contributed by atoms with Gasteiger partial charge in [-0.25, -0.2) is 0 Å². The highest BCUT2D eigenvalue weighted by atomic mass is 35.5. The molecule has 1 N–H and O–H groups in total. The van der Waals surface area contributed by atoms with Crippen LogP contribution < -0.4 is 14.8 Å². The van der Waals surface area contributed by atoms with E-state index < -0.39 is 0 Å². The Kier molecular flexibility index (Phi) is 5.25. The molecule has 0 saturated heterocycles. The van der Waals surface area contributed by atoms with Crippen LogP contribution in [0.2, 0.25) is 5.02 Å². The first-order valence-electron chi connectivity index (χ1n) is 8.81. The molecule has 0 atom stereocenters. The zero-order chi connectivity index (χ0) is 19.3. The molecule has 2 aromatic carbocycles. The van der Waals surface area contributed by atoms with E-state index in [0.29, 0.717) is 34.7 Å². The number of anilines is 2. The van der Waals surface area contributed by atoms with Crippen molar-refractivity contribution in [3.63, 3.8) is 0 Å². The number of rotatable bonds is 7. The topological polar surface area (TPSA) is 73.6 Å². The number of aromatic nitrogens is 4. The molecule has 0 aliphatic rings. The summed E-state index contributed by atoms with van der Waals surface area (Å²) in [7, 11) is 0. The van der Waals surface area contributed by atoms with Gasteiger partial charge < -0.3 is 14.8 Å². The standard InChI is InChI=1S/C20H18ClN5O2/c1-2-27-16-7-4-8-17(12-16)28-13-20-24-23-19-10-9-18(25-26(19)20)22-15-6-3-5-14(21)11-15/h3-12H,2,13H2,1H3,(H,22,25). The highest BCUT2D eigenvalue weighted by molar-refractivity contribution is 6.30. The Balaban J connectivity index is 1.52. The molecule has 2 heterocycles. The van der Waals surface area contributed by atoms with Crippen molar-refractivity contribution < 1.29 is 9.47 Å². The van der Waals surface area contributed by atoms with Crippen molar-refractivity contribution in [2.75, 3.05) is 11.9 Å². The molecular formula is C20H18ClN5O2. The number of benzene rings is 2. The highest BCUT2D eigenvalue weighted by Crippen LogP contribution is 2.21. The van der Waals surface area contributed by atoms with Crippen molar-refractivity contribution in [2.45, 2.75) is 13.5 Å². The number of ether oxygens (including phenoxy) is 2. The van der Waals surface area contributed by atoms with Gasteiger partial charge in [0.15, 0.2) is 17.3 Å². The molecule has 0 unspecified atom stereocenters. The molecule has 8 heteroatoms. The van der Waals surface area contributed by atoms with E-state index in [2.05, 4.69) is 20.6 Å². The maximum absolute atomic E-state index is 6.03. The number of hydrogen-bond acceptors (Lipinski definition) is 6. The van der Waals surface area contributed by atoms with Gasteiger partial charge in [-0.1, -0.05) is 23.7 Å². The Morgan fingerprint density at radius 1 is 0.964 bits per heavy atom. The third kappa shape index (κ3) is 4.15. The molecule has 0 amide bonds. The summed E-state index contributed by atoms with van der Waals surface area (Å²) in [4.78, 5) is 0. The van der Waals surface area contributed by atoms with Crippen LogP contribution in [-0.4, -0.2) is 26.4 Å². The lowest BCUT2D eigenvalue weighted by molar-refractivity contribution is 0.288. The molecule has 4 aromatic rings. The van der Waals surface area contributed by atoms with Gasteiger partial charge in [0.25, 0.3) is 0 Å². The number of nitrogens with one attached hydrogen (secondary N) is 1. The maximum atomic E-state index is 6.03. The molecule has 0 fully saturated rings. The molecule has 28 heavy (non-hydrogen) atoms. The van der Waals surface area contributed by atoms with Crippen LogP contribution in [0.4, 0.5) is 11.5 Å². The van der Waals surface area contributed by atoms with Crippen LogP contribution >= 0.6 is 11.6 Å². The van der Waals surface area contributed by atoms with E-state index in [0.717, 1.165) is 11.4 Å². The maximum Gasteiger partial charge on any atom is 0.192 e. The van der Waals surface area contributed by atoms with Gasteiger partial charge in [0.1, 0.15) is 18.1 Å². The number of fused-ring (bicyclic) bond motifs is 1. The van der Waals surface area contributed by atoms with Gasteiger partial charge in [0.2, 0.25) is 0 Å². The summed E-state index contributed by atoms with van der Waals surface area (Å²) in [6, 6.07) is 18.6. The van der Waals surface area contributed by atoms with Crippen LogP contribution in [-0.2, 0) is 6.61 Å². The molecule has 7 nitrogen and oxygen atoms in total. The second-order valence-electron chi connectivity index (χ2n) is 5.94. The van der Waals surface area contributed by atoms with Gasteiger partial charge >= 0.3 is 0 Å². The first kappa shape index (κ1) is 18.1. The summed E-state index contributed by atoms with van der Waals surface area (Å²) in [5, 5.41) is 16.7. The van der Waals surface area contributed by atoms with Crippen LogP contribution in [0.3, 0.4) is 0 Å². The zero-order valence-electron chi connectivity index (χ0n) is 15.2. The summed E-state index contributed by atoms with van der Waals surface area (Å²) < 4.78 is 13.0. The van der Waals surface area contributed by atoms with Gasteiger partial charge in [-0.3, -0.25) is 0 Å². The van der Waals surface area contributed by atoms with Crippen molar-refractivity contribution in [2.24, 2.45) is 0 Å². The predicted octanol–water partition coefficient (Wildman–Crippen LogP) is 4.50. The van der Waals surface area contributed by atoms with Crippen LogP contribution in [0.1, 0.15) is 12.7 Å². The average molecular weight is 396 g/mol. The van der Waals surface area contributed by atoms with E-state index in [1.165, 1.54) is 0 Å². The molecule has 4 rings (SSSR count). The summed E-state index contributed by atoms with van der Waals surface area (Å²) in [5.74, 6) is 2.69. The molecule has 0 bridgehead atoms. The molecule has 0 saturated carbocycles. The Labute approximate surface area is 166 Å². The van der Waals surface area contributed by atoms with Crippen LogP contribution in [0, 0.1) is 0 Å². The largest absolute Gasteiger partial charge is 0.494 e. The van der Waals surface area contributed by atoms with Crippen molar-refractivity contribution in [1.29, 1.82) is 0 Å². The van der Waals surface area contributed by atoms with Crippen molar-refractivity contribution in [3.05, 3.63) is 71.5 Å². The van der Waals surface area contributed by atoms with E-state index in [-0.39, 0.29) is 6.61 Å². The lowest BCUT2D eigenvalue weighted by Gasteiger charge is -2.08. The minimum Gasteiger partial charge on any atom is -0.494 e. The van der Waals surface area contributed by atoms with Crippen molar-refractivity contribution in [3.8, 4) is 11.5 Å². The minimum absolute atomic E-state index is 0.227. The Morgan fingerprint density at radius 3 is 2.61 bits per heavy atom. The molecule has 0 aliphatic heterocycles. The lowest BCUT2D eigenvalue weighted by atomic mass is 10.3. The first-order chi connectivity index (χ1) is 13.7. The minimum atomic E-state index is 0.227. The molecule has 0 radical (unpaired) electrons. The van der Waals surface area contributed by atoms with Crippen molar-refractivity contribution >= 4 is 28.8 Å². The normalized spacial score (nSPS) is 10.8. The van der Waals surface area contributed by atoms with Gasteiger partial charge in [0.05, 0.1) is 6.61 Å². The average Bonchev–Trinajstić information content (AvgIpc) is 3.09. The molecule has 0 aliphatic carbocycles. The third-order valence-electron chi connectivity index (χ3n) is 3.91. The van der Waals surface area contributed by atoms with E-state index >= 15 is 0 Å². The molecular weight excluding hydrogens is 378 g/mol. The van der Waals surface area contributed by atoms with Gasteiger partial charge in [0, 0.05) is 16.8 Å². The number of hydrogen-bond donors (Lipinski definition) is 1. The summed E-state index contributed by atoms with van der Waals surface area (Å²) in [6.07, 6.45) is 0. The Hall–Kier alpha value is -3.32. The summed E-state index contributed by atoms with van der Waals surface area (Å²) >= 11 is 6.03. The fourth-order valence-electron chi connectivity index (χ4n) is 2.67. The van der Waals surface area contributed by atoms with Crippen molar-refractivity contribution in [1.82, 2.24) is 19.8 Å². The van der Waals surface area contributed by atoms with Gasteiger partial charge in [-0.2, -0.15) is 4.52 Å². The van der Waals surface area contributed by atoms with Crippen LogP contribution in [0.5, 0.6) is 11.5 Å². The van der Waals surface area contributed by atoms with E-state index in [9.17, 15) is 0 Å². The Bertz CT molecular complexity index is 1100. The molecule has 0 spiro atoms. The summed E-state index contributed by atoms with van der Waals surface area (Å²) in [6.45, 7) is 2.77. The van der Waals surface area contributed by atoms with E-state index in [1.54, 1.807) is 4.52 Å². The highest BCUT2D eigenvalue weighted by Gasteiger charge is 2.09. The zero-order valence-corrected chi connectivity index (χ0v) is 15.9. The molecule has 2 aromatic heterocycles. The second kappa shape index (κ2) is 8.14. The van der Waals surface area contributed by atoms with Gasteiger partial charge in [-0.05, 0) is 49.4 Å². The van der Waals surface area contributed by atoms with Crippen LogP contribution in [0.15, 0.2) is 60.7 Å². The first-order valence-corrected chi connectivity index (χ1v) is 9.18. The lowest BCUT2D eigenvalue weighted by Crippen LogP contribution is -2.05.